The standard InChI is InChI=1S/C4H6O2.C2H4O2.C2H4/c1-3(2)4(5)6;1-2(3)4;1-2/h1H2,2H3,(H,5,6);1H3,(H,3,4);1-2H2. The maximum absolute atomic E-state index is 9.60. The van der Waals surface area contributed by atoms with Gasteiger partial charge in [-0.25, -0.2) is 4.79 Å². The Labute approximate surface area is 71.8 Å². The summed E-state index contributed by atoms with van der Waals surface area (Å²) < 4.78 is 0. The van der Waals surface area contributed by atoms with Gasteiger partial charge in [-0.1, -0.05) is 6.58 Å². The molecule has 0 saturated heterocycles. The van der Waals surface area contributed by atoms with Gasteiger partial charge in [0.25, 0.3) is 5.97 Å². The molecular weight excluding hydrogens is 160 g/mol. The van der Waals surface area contributed by atoms with E-state index in [1.807, 2.05) is 0 Å². The molecule has 0 atom stereocenters. The molecule has 0 amide bonds. The van der Waals surface area contributed by atoms with Crippen LogP contribution in [0.4, 0.5) is 0 Å². The van der Waals surface area contributed by atoms with Crippen LogP contribution < -0.4 is 0 Å². The highest BCUT2D eigenvalue weighted by atomic mass is 16.4. The van der Waals surface area contributed by atoms with Gasteiger partial charge in [-0.3, -0.25) is 4.79 Å². The van der Waals surface area contributed by atoms with E-state index >= 15 is 0 Å². The van der Waals surface area contributed by atoms with E-state index in [9.17, 15) is 4.79 Å². The van der Waals surface area contributed by atoms with Crippen molar-refractivity contribution in [3.63, 3.8) is 0 Å². The van der Waals surface area contributed by atoms with E-state index in [-0.39, 0.29) is 5.57 Å². The Balaban J connectivity index is -0.000000118. The van der Waals surface area contributed by atoms with E-state index in [4.69, 9.17) is 15.0 Å². The van der Waals surface area contributed by atoms with Gasteiger partial charge in [0.2, 0.25) is 0 Å². The molecule has 0 unspecified atom stereocenters. The molecule has 0 fully saturated rings. The van der Waals surface area contributed by atoms with Crippen LogP contribution in [-0.4, -0.2) is 22.2 Å². The molecule has 4 heteroatoms. The summed E-state index contributed by atoms with van der Waals surface area (Å²) in [5, 5.41) is 15.3. The summed E-state index contributed by atoms with van der Waals surface area (Å²) in [6.07, 6.45) is 0. The SMILES string of the molecule is C=C.C=C(C)C(=O)O.CC(=O)O. The van der Waals surface area contributed by atoms with E-state index in [2.05, 4.69) is 19.7 Å². The number of rotatable bonds is 1. The Morgan fingerprint density at radius 3 is 1.17 bits per heavy atom. The Morgan fingerprint density at radius 1 is 1.08 bits per heavy atom. The smallest absolute Gasteiger partial charge is 0.330 e. The Hall–Kier alpha value is -1.58. The number of carbonyl (C=O) groups is 2. The molecule has 0 bridgehead atoms. The first-order valence-electron chi connectivity index (χ1n) is 2.96. The van der Waals surface area contributed by atoms with Crippen molar-refractivity contribution in [3.05, 3.63) is 25.3 Å². The maximum atomic E-state index is 9.60. The van der Waals surface area contributed by atoms with E-state index in [1.165, 1.54) is 6.92 Å². The van der Waals surface area contributed by atoms with Gasteiger partial charge in [-0.2, -0.15) is 0 Å². The fourth-order valence-corrected chi connectivity index (χ4v) is 0. The first-order valence-corrected chi connectivity index (χ1v) is 2.96. The first kappa shape index (κ1) is 16.8. The second-order valence-electron chi connectivity index (χ2n) is 1.60. The van der Waals surface area contributed by atoms with Gasteiger partial charge >= 0.3 is 5.97 Å². The average Bonchev–Trinajstić information content (AvgIpc) is 1.90. The lowest BCUT2D eigenvalue weighted by Gasteiger charge is -1.79. The van der Waals surface area contributed by atoms with Gasteiger partial charge in [0.15, 0.2) is 0 Å². The minimum Gasteiger partial charge on any atom is -0.481 e. The van der Waals surface area contributed by atoms with Gasteiger partial charge in [0.1, 0.15) is 0 Å². The number of carboxylic acids is 2. The summed E-state index contributed by atoms with van der Waals surface area (Å²) >= 11 is 0. The van der Waals surface area contributed by atoms with Crippen LogP contribution in [0.5, 0.6) is 0 Å². The largest absolute Gasteiger partial charge is 0.481 e. The topological polar surface area (TPSA) is 74.6 Å². The van der Waals surface area contributed by atoms with Crippen molar-refractivity contribution in [2.24, 2.45) is 0 Å². The zero-order valence-corrected chi connectivity index (χ0v) is 7.33. The van der Waals surface area contributed by atoms with Crippen molar-refractivity contribution in [1.82, 2.24) is 0 Å². The summed E-state index contributed by atoms with van der Waals surface area (Å²) in [6.45, 7) is 11.7. The summed E-state index contributed by atoms with van der Waals surface area (Å²) in [5.41, 5.74) is 0.176. The first-order chi connectivity index (χ1) is 5.37. The van der Waals surface area contributed by atoms with Crippen molar-refractivity contribution in [2.75, 3.05) is 0 Å². The van der Waals surface area contributed by atoms with Crippen molar-refractivity contribution < 1.29 is 19.8 Å². The summed E-state index contributed by atoms with van der Waals surface area (Å²) in [4.78, 5) is 18.6. The van der Waals surface area contributed by atoms with Crippen molar-refractivity contribution in [1.29, 1.82) is 0 Å². The van der Waals surface area contributed by atoms with E-state index in [0.29, 0.717) is 0 Å². The number of aliphatic carboxylic acids is 2. The van der Waals surface area contributed by atoms with Crippen LogP contribution in [0.15, 0.2) is 25.3 Å². The number of carboxylic acid groups (broad SMARTS) is 2. The molecule has 0 rings (SSSR count). The Kier molecular flexibility index (Phi) is 17.0. The number of hydrogen-bond donors (Lipinski definition) is 2. The minimum atomic E-state index is -0.935. The molecule has 0 aliphatic carbocycles. The highest BCUT2D eigenvalue weighted by Crippen LogP contribution is 1.81. The summed E-state index contributed by atoms with van der Waals surface area (Å²) in [5.74, 6) is -1.77. The molecule has 0 aromatic heterocycles. The molecule has 0 aliphatic heterocycles. The van der Waals surface area contributed by atoms with Crippen LogP contribution in [0.25, 0.3) is 0 Å². The zero-order chi connectivity index (χ0) is 10.7. The van der Waals surface area contributed by atoms with Gasteiger partial charge in [-0.15, -0.1) is 13.2 Å². The molecule has 12 heavy (non-hydrogen) atoms. The molecule has 0 aliphatic rings. The monoisotopic (exact) mass is 174 g/mol. The minimum absolute atomic E-state index is 0.176. The summed E-state index contributed by atoms with van der Waals surface area (Å²) in [7, 11) is 0. The molecule has 0 saturated carbocycles. The normalized spacial score (nSPS) is 6.17. The summed E-state index contributed by atoms with van der Waals surface area (Å²) in [6, 6.07) is 0. The lowest BCUT2D eigenvalue weighted by molar-refractivity contribution is -0.134. The fraction of sp³-hybridized carbons (Fsp3) is 0.250. The van der Waals surface area contributed by atoms with E-state index in [1.54, 1.807) is 0 Å². The highest BCUT2D eigenvalue weighted by Gasteiger charge is 1.90. The second kappa shape index (κ2) is 12.1. The molecule has 70 valence electrons. The van der Waals surface area contributed by atoms with E-state index < -0.39 is 11.9 Å². The molecule has 0 aromatic rings. The van der Waals surface area contributed by atoms with Crippen molar-refractivity contribution in [3.8, 4) is 0 Å². The quantitative estimate of drug-likeness (QED) is 0.467. The van der Waals surface area contributed by atoms with Crippen LogP contribution in [0.2, 0.25) is 0 Å². The van der Waals surface area contributed by atoms with Gasteiger partial charge < -0.3 is 10.2 Å². The lowest BCUT2D eigenvalue weighted by Crippen LogP contribution is -1.92. The van der Waals surface area contributed by atoms with Crippen LogP contribution in [0, 0.1) is 0 Å². The van der Waals surface area contributed by atoms with Crippen LogP contribution >= 0.6 is 0 Å². The van der Waals surface area contributed by atoms with Crippen LogP contribution in [-0.2, 0) is 9.59 Å². The van der Waals surface area contributed by atoms with Gasteiger partial charge in [0.05, 0.1) is 0 Å². The number of hydrogen-bond acceptors (Lipinski definition) is 2. The molecule has 2 N–H and O–H groups in total. The fourth-order valence-electron chi connectivity index (χ4n) is 0. The second-order valence-corrected chi connectivity index (χ2v) is 1.60. The average molecular weight is 174 g/mol. The molecular formula is C8H14O4. The van der Waals surface area contributed by atoms with Gasteiger partial charge in [0, 0.05) is 12.5 Å². The lowest BCUT2D eigenvalue weighted by atomic mass is 10.4. The zero-order valence-electron chi connectivity index (χ0n) is 7.33. The predicted octanol–water partition coefficient (Wildman–Crippen LogP) is 1.54. The Morgan fingerprint density at radius 2 is 1.17 bits per heavy atom. The molecule has 0 heterocycles. The molecule has 0 spiro atoms. The maximum Gasteiger partial charge on any atom is 0.330 e. The van der Waals surface area contributed by atoms with Gasteiger partial charge in [-0.05, 0) is 6.92 Å². The third-order valence-corrected chi connectivity index (χ3v) is 0.365. The van der Waals surface area contributed by atoms with Crippen molar-refractivity contribution in [2.45, 2.75) is 13.8 Å². The predicted molar refractivity (Wildman–Crippen MR) is 47.0 cm³/mol. The van der Waals surface area contributed by atoms with E-state index in [0.717, 1.165) is 6.92 Å². The molecule has 0 aromatic carbocycles. The highest BCUT2D eigenvalue weighted by molar-refractivity contribution is 5.84. The van der Waals surface area contributed by atoms with Crippen LogP contribution in [0.3, 0.4) is 0 Å². The molecule has 0 radical (unpaired) electrons. The Bertz CT molecular complexity index is 144. The molecule has 4 nitrogen and oxygen atoms in total. The third kappa shape index (κ3) is 79.2. The third-order valence-electron chi connectivity index (χ3n) is 0.365. The van der Waals surface area contributed by atoms with Crippen LogP contribution in [0.1, 0.15) is 13.8 Å². The van der Waals surface area contributed by atoms with Crippen molar-refractivity contribution >= 4 is 11.9 Å².